The molecular weight excluding hydrogens is 556 g/mol. The topological polar surface area (TPSA) is 159 Å². The average molecular weight is 579 g/mol. The summed E-state index contributed by atoms with van der Waals surface area (Å²) >= 11 is 3.44. The zero-order valence-corrected chi connectivity index (χ0v) is 22.8. The molecule has 200 valence electrons. The van der Waals surface area contributed by atoms with E-state index in [0.717, 1.165) is 52.8 Å². The van der Waals surface area contributed by atoms with E-state index in [4.69, 9.17) is 9.47 Å². The minimum absolute atomic E-state index is 0.0504. The number of nitro benzene ring substituents is 1. The maximum absolute atomic E-state index is 12.6. The number of hydrogen-bond acceptors (Lipinski definition) is 11. The Hall–Kier alpha value is -3.56. The number of carbonyl (C=O) groups excluding carboxylic acids is 4. The number of rotatable bonds is 9. The molecule has 0 aliphatic heterocycles. The third-order valence-corrected chi connectivity index (χ3v) is 8.80. The van der Waals surface area contributed by atoms with Gasteiger partial charge in [-0.25, -0.2) is 4.79 Å². The summed E-state index contributed by atoms with van der Waals surface area (Å²) in [5, 5.41) is 14.3. The second kappa shape index (κ2) is 11.9. The van der Waals surface area contributed by atoms with Crippen LogP contribution in [0.1, 0.15) is 27.2 Å². The molecule has 1 aliphatic carbocycles. The predicted octanol–water partition coefficient (Wildman–Crippen LogP) is 2.92. The summed E-state index contributed by atoms with van der Waals surface area (Å²) in [7, 11) is 2.52. The van der Waals surface area contributed by atoms with Crippen molar-refractivity contribution < 1.29 is 33.6 Å². The van der Waals surface area contributed by atoms with Gasteiger partial charge in [0.2, 0.25) is 5.91 Å². The van der Waals surface area contributed by atoms with Crippen LogP contribution in [0.2, 0.25) is 0 Å². The quantitative estimate of drug-likeness (QED) is 0.229. The van der Waals surface area contributed by atoms with E-state index in [1.165, 1.54) is 48.3 Å². The molecule has 1 N–H and O–H groups in total. The lowest BCUT2D eigenvalue weighted by molar-refractivity contribution is -0.384. The number of anilines is 1. The molecule has 2 aromatic heterocycles. The Labute approximate surface area is 227 Å². The third kappa shape index (κ3) is 5.95. The number of benzene rings is 1. The van der Waals surface area contributed by atoms with Crippen LogP contribution in [0, 0.1) is 10.1 Å². The molecule has 0 atom stereocenters. The molecule has 0 spiro atoms. The van der Waals surface area contributed by atoms with Crippen LogP contribution in [0.3, 0.4) is 0 Å². The van der Waals surface area contributed by atoms with Gasteiger partial charge in [-0.05, 0) is 30.9 Å². The number of aromatic nitrogens is 1. The molecule has 0 radical (unpaired) electrons. The van der Waals surface area contributed by atoms with Crippen molar-refractivity contribution in [2.24, 2.45) is 4.99 Å². The van der Waals surface area contributed by atoms with Gasteiger partial charge in [-0.3, -0.25) is 24.5 Å². The highest BCUT2D eigenvalue weighted by Crippen LogP contribution is 2.39. The van der Waals surface area contributed by atoms with Gasteiger partial charge in [-0.15, -0.1) is 23.1 Å². The first-order valence-corrected chi connectivity index (χ1v) is 14.0. The largest absolute Gasteiger partial charge is 0.468 e. The van der Waals surface area contributed by atoms with Crippen LogP contribution in [-0.2, 0) is 43.2 Å². The SMILES string of the molecule is COC(=O)Cn1c(=NC(=O)CSCC(=O)Nc2sc3c(c2C(=O)OC)CCC3)sc2cc([N+](=O)[O-])ccc21. The number of carbonyl (C=O) groups is 4. The number of nitrogens with one attached hydrogen (secondary N) is 1. The molecule has 0 fully saturated rings. The Bertz CT molecular complexity index is 1520. The van der Waals surface area contributed by atoms with Crippen molar-refractivity contribution in [2.75, 3.05) is 31.0 Å². The van der Waals surface area contributed by atoms with Gasteiger partial charge in [0.05, 0.1) is 46.4 Å². The number of hydrogen-bond donors (Lipinski definition) is 1. The average Bonchev–Trinajstić information content (AvgIpc) is 3.56. The fourth-order valence-corrected chi connectivity index (χ4v) is 6.92. The van der Waals surface area contributed by atoms with Crippen molar-refractivity contribution in [3.63, 3.8) is 0 Å². The van der Waals surface area contributed by atoms with Crippen molar-refractivity contribution in [1.29, 1.82) is 0 Å². The second-order valence-electron chi connectivity index (χ2n) is 8.06. The van der Waals surface area contributed by atoms with Gasteiger partial charge in [0.1, 0.15) is 11.5 Å². The zero-order valence-electron chi connectivity index (χ0n) is 20.3. The number of nitrogens with zero attached hydrogens (tertiary/aromatic N) is 3. The third-order valence-electron chi connectivity index (χ3n) is 5.63. The highest BCUT2D eigenvalue weighted by Gasteiger charge is 2.28. The number of thiophene rings is 1. The lowest BCUT2D eigenvalue weighted by Crippen LogP contribution is -2.23. The molecule has 1 aliphatic rings. The van der Waals surface area contributed by atoms with Crippen LogP contribution in [0.5, 0.6) is 0 Å². The Morgan fingerprint density at radius 3 is 2.66 bits per heavy atom. The number of ether oxygens (including phenoxy) is 2. The Balaban J connectivity index is 1.45. The summed E-state index contributed by atoms with van der Waals surface area (Å²) in [6.07, 6.45) is 2.57. The predicted molar refractivity (Wildman–Crippen MR) is 143 cm³/mol. The summed E-state index contributed by atoms with van der Waals surface area (Å²) in [6, 6.07) is 4.13. The Morgan fingerprint density at radius 2 is 1.95 bits per heavy atom. The fraction of sp³-hybridized carbons (Fsp3) is 0.348. The molecule has 12 nitrogen and oxygen atoms in total. The maximum atomic E-state index is 12.6. The van der Waals surface area contributed by atoms with E-state index in [2.05, 4.69) is 10.3 Å². The molecule has 38 heavy (non-hydrogen) atoms. The molecule has 0 bridgehead atoms. The van der Waals surface area contributed by atoms with Crippen molar-refractivity contribution >= 4 is 79.1 Å². The van der Waals surface area contributed by atoms with Crippen LogP contribution in [-0.4, -0.2) is 59.0 Å². The number of esters is 2. The van der Waals surface area contributed by atoms with Crippen molar-refractivity contribution in [1.82, 2.24) is 4.57 Å². The summed E-state index contributed by atoms with van der Waals surface area (Å²) in [6.45, 7) is -0.233. The van der Waals surface area contributed by atoms with Crippen molar-refractivity contribution in [2.45, 2.75) is 25.8 Å². The van der Waals surface area contributed by atoms with Crippen LogP contribution in [0.4, 0.5) is 10.7 Å². The molecule has 0 saturated carbocycles. The molecule has 0 saturated heterocycles. The molecule has 4 rings (SSSR count). The standard InChI is InChI=1S/C23H22N4O8S3/c1-34-19(30)9-26-14-7-6-12(27(32)33)8-16(14)38-23(26)25-18(29)11-36-10-17(28)24-21-20(22(31)35-2)13-4-3-5-15(13)37-21/h6-8H,3-5,9-11H2,1-2H3,(H,24,28). The number of thioether (sulfide) groups is 1. The monoisotopic (exact) mass is 578 g/mol. The lowest BCUT2D eigenvalue weighted by Gasteiger charge is -2.06. The number of amides is 2. The van der Waals surface area contributed by atoms with Crippen LogP contribution < -0.4 is 10.1 Å². The van der Waals surface area contributed by atoms with Gasteiger partial charge < -0.3 is 19.4 Å². The summed E-state index contributed by atoms with van der Waals surface area (Å²) in [5.74, 6) is -2.16. The Morgan fingerprint density at radius 1 is 1.16 bits per heavy atom. The molecule has 1 aromatic carbocycles. The number of thiazole rings is 1. The fourth-order valence-electron chi connectivity index (χ4n) is 3.95. The first kappa shape index (κ1) is 27.5. The summed E-state index contributed by atoms with van der Waals surface area (Å²) in [5.41, 5.74) is 1.69. The maximum Gasteiger partial charge on any atom is 0.341 e. The summed E-state index contributed by atoms with van der Waals surface area (Å²) < 4.78 is 11.5. The molecule has 2 amide bonds. The highest BCUT2D eigenvalue weighted by molar-refractivity contribution is 8.00. The smallest absolute Gasteiger partial charge is 0.341 e. The van der Waals surface area contributed by atoms with Crippen LogP contribution in [0.15, 0.2) is 23.2 Å². The van der Waals surface area contributed by atoms with Crippen molar-refractivity contribution in [3.05, 3.63) is 49.1 Å². The first-order chi connectivity index (χ1) is 18.2. The van der Waals surface area contributed by atoms with Crippen LogP contribution in [0.25, 0.3) is 10.2 Å². The van der Waals surface area contributed by atoms with Gasteiger partial charge in [0, 0.05) is 17.0 Å². The second-order valence-corrected chi connectivity index (χ2v) is 11.2. The number of fused-ring (bicyclic) bond motifs is 2. The molecule has 0 unspecified atom stereocenters. The van der Waals surface area contributed by atoms with E-state index in [1.54, 1.807) is 0 Å². The first-order valence-electron chi connectivity index (χ1n) is 11.2. The zero-order chi connectivity index (χ0) is 27.4. The minimum atomic E-state index is -0.575. The molecule has 2 heterocycles. The molecule has 15 heteroatoms. The Kier molecular flexibility index (Phi) is 8.58. The van der Waals surface area contributed by atoms with E-state index in [1.807, 2.05) is 0 Å². The molecule has 3 aromatic rings. The number of non-ortho nitro benzene ring substituents is 1. The van der Waals surface area contributed by atoms with Crippen LogP contribution >= 0.6 is 34.4 Å². The highest BCUT2D eigenvalue weighted by atomic mass is 32.2. The van der Waals surface area contributed by atoms with Gasteiger partial charge in [-0.1, -0.05) is 11.3 Å². The van der Waals surface area contributed by atoms with E-state index >= 15 is 0 Å². The summed E-state index contributed by atoms with van der Waals surface area (Å²) in [4.78, 5) is 65.2. The van der Waals surface area contributed by atoms with Gasteiger partial charge in [-0.2, -0.15) is 4.99 Å². The lowest BCUT2D eigenvalue weighted by atomic mass is 10.1. The number of nitro groups is 1. The number of aryl methyl sites for hydroxylation is 1. The normalized spacial score (nSPS) is 12.8. The van der Waals surface area contributed by atoms with E-state index < -0.39 is 22.8 Å². The van der Waals surface area contributed by atoms with Crippen molar-refractivity contribution in [3.8, 4) is 0 Å². The van der Waals surface area contributed by atoms with E-state index in [0.29, 0.717) is 20.8 Å². The van der Waals surface area contributed by atoms with Gasteiger partial charge in [0.15, 0.2) is 4.80 Å². The number of methoxy groups -OCH3 is 2. The minimum Gasteiger partial charge on any atom is -0.468 e. The molecular formula is C23H22N4O8S3. The van der Waals surface area contributed by atoms with E-state index in [9.17, 15) is 29.3 Å². The van der Waals surface area contributed by atoms with Gasteiger partial charge in [0.25, 0.3) is 11.6 Å². The van der Waals surface area contributed by atoms with Gasteiger partial charge >= 0.3 is 11.9 Å². The van der Waals surface area contributed by atoms with E-state index in [-0.39, 0.29) is 34.4 Å².